The molecule has 154 valence electrons. The Bertz CT molecular complexity index is 1300. The molecule has 0 aliphatic carbocycles. The first-order valence-corrected chi connectivity index (χ1v) is 9.38. The number of aromatic nitrogens is 2. The third-order valence-electron chi connectivity index (χ3n) is 4.36. The molecular formula is C23H17N3O5. The second-order valence-corrected chi connectivity index (χ2v) is 6.48. The number of carbonyl (C=O) groups is 2. The molecule has 0 aliphatic heterocycles. The summed E-state index contributed by atoms with van der Waals surface area (Å²) in [7, 11) is 0. The molecule has 1 aromatic heterocycles. The Balaban J connectivity index is 1.43. The SMILES string of the molecule is O=C(COC(=O)c1n[nH]c(=O)c2ccccc12)Nc1ccccc1Oc1ccccc1. The number of ether oxygens (including phenoxy) is 2. The summed E-state index contributed by atoms with van der Waals surface area (Å²) in [6.07, 6.45) is 0. The van der Waals surface area contributed by atoms with Gasteiger partial charge in [-0.3, -0.25) is 9.59 Å². The first-order chi connectivity index (χ1) is 15.1. The molecule has 0 saturated heterocycles. The number of nitrogens with one attached hydrogen (secondary N) is 2. The molecule has 8 nitrogen and oxygen atoms in total. The lowest BCUT2D eigenvalue weighted by Crippen LogP contribution is -2.23. The molecule has 31 heavy (non-hydrogen) atoms. The highest BCUT2D eigenvalue weighted by Crippen LogP contribution is 2.29. The molecule has 8 heteroatoms. The van der Waals surface area contributed by atoms with Gasteiger partial charge in [0.1, 0.15) is 5.75 Å². The number of aromatic amines is 1. The van der Waals surface area contributed by atoms with Crippen LogP contribution in [0.2, 0.25) is 0 Å². The average molecular weight is 415 g/mol. The lowest BCUT2D eigenvalue weighted by molar-refractivity contribution is -0.119. The number of nitrogens with zero attached hydrogens (tertiary/aromatic N) is 1. The smallest absolute Gasteiger partial charge is 0.359 e. The van der Waals surface area contributed by atoms with Gasteiger partial charge in [-0.15, -0.1) is 0 Å². The summed E-state index contributed by atoms with van der Waals surface area (Å²) in [5, 5.41) is 9.34. The van der Waals surface area contributed by atoms with E-state index in [1.54, 1.807) is 60.7 Å². The Labute approximate surface area is 176 Å². The van der Waals surface area contributed by atoms with E-state index in [2.05, 4.69) is 15.5 Å². The molecule has 0 fully saturated rings. The molecule has 4 aromatic rings. The van der Waals surface area contributed by atoms with Crippen LogP contribution in [0.1, 0.15) is 10.5 Å². The van der Waals surface area contributed by atoms with Crippen molar-refractivity contribution < 1.29 is 19.1 Å². The van der Waals surface area contributed by atoms with Gasteiger partial charge in [0.15, 0.2) is 18.1 Å². The van der Waals surface area contributed by atoms with Gasteiger partial charge in [-0.25, -0.2) is 9.89 Å². The van der Waals surface area contributed by atoms with Crippen LogP contribution < -0.4 is 15.6 Å². The molecule has 4 rings (SSSR count). The second kappa shape index (κ2) is 8.91. The second-order valence-electron chi connectivity index (χ2n) is 6.48. The Morgan fingerprint density at radius 2 is 1.55 bits per heavy atom. The number of esters is 1. The van der Waals surface area contributed by atoms with E-state index in [1.165, 1.54) is 0 Å². The van der Waals surface area contributed by atoms with Crippen LogP contribution in [0.3, 0.4) is 0 Å². The van der Waals surface area contributed by atoms with E-state index in [0.29, 0.717) is 28.0 Å². The molecule has 3 aromatic carbocycles. The Hall–Kier alpha value is -4.46. The number of anilines is 1. The van der Waals surface area contributed by atoms with Gasteiger partial charge in [-0.1, -0.05) is 48.5 Å². The minimum absolute atomic E-state index is 0.0733. The highest BCUT2D eigenvalue weighted by Gasteiger charge is 2.17. The van der Waals surface area contributed by atoms with E-state index < -0.39 is 24.0 Å². The Morgan fingerprint density at radius 1 is 0.871 bits per heavy atom. The van der Waals surface area contributed by atoms with Crippen LogP contribution in [-0.2, 0) is 9.53 Å². The Morgan fingerprint density at radius 3 is 2.35 bits per heavy atom. The maximum Gasteiger partial charge on any atom is 0.359 e. The number of hydrogen-bond donors (Lipinski definition) is 2. The van der Waals surface area contributed by atoms with Crippen LogP contribution >= 0.6 is 0 Å². The van der Waals surface area contributed by atoms with Gasteiger partial charge >= 0.3 is 5.97 Å². The molecule has 2 N–H and O–H groups in total. The van der Waals surface area contributed by atoms with E-state index in [4.69, 9.17) is 9.47 Å². The number of benzene rings is 3. The molecule has 1 amide bonds. The lowest BCUT2D eigenvalue weighted by Gasteiger charge is -2.12. The molecular weight excluding hydrogens is 398 g/mol. The number of H-pyrrole nitrogens is 1. The third-order valence-corrected chi connectivity index (χ3v) is 4.36. The summed E-state index contributed by atoms with van der Waals surface area (Å²) in [4.78, 5) is 36.6. The number of para-hydroxylation sites is 3. The van der Waals surface area contributed by atoms with Crippen LogP contribution in [-0.4, -0.2) is 28.7 Å². The van der Waals surface area contributed by atoms with Crippen molar-refractivity contribution in [1.29, 1.82) is 0 Å². The number of fused-ring (bicyclic) bond motifs is 1. The van der Waals surface area contributed by atoms with Gasteiger partial charge in [0.05, 0.1) is 11.1 Å². The molecule has 0 radical (unpaired) electrons. The maximum absolute atomic E-state index is 12.4. The number of amides is 1. The van der Waals surface area contributed by atoms with Crippen LogP contribution in [0.15, 0.2) is 83.7 Å². The van der Waals surface area contributed by atoms with Gasteiger partial charge in [0.25, 0.3) is 11.5 Å². The van der Waals surface area contributed by atoms with Crippen LogP contribution in [0.25, 0.3) is 10.8 Å². The van der Waals surface area contributed by atoms with Crippen molar-refractivity contribution in [2.24, 2.45) is 0 Å². The summed E-state index contributed by atoms with van der Waals surface area (Å²) >= 11 is 0. The fourth-order valence-electron chi connectivity index (χ4n) is 2.93. The van der Waals surface area contributed by atoms with Crippen molar-refractivity contribution in [1.82, 2.24) is 10.2 Å². The minimum atomic E-state index is -0.823. The number of hydrogen-bond acceptors (Lipinski definition) is 6. The quantitative estimate of drug-likeness (QED) is 0.466. The zero-order chi connectivity index (χ0) is 21.6. The lowest BCUT2D eigenvalue weighted by atomic mass is 10.1. The standard InChI is InChI=1S/C23H17N3O5/c27-20(24-18-12-6-7-13-19(18)31-15-8-2-1-3-9-15)14-30-23(29)21-16-10-4-5-11-17(16)22(28)26-25-21/h1-13H,14H2,(H,24,27)(H,26,28). The van der Waals surface area contributed by atoms with E-state index in [1.807, 2.05) is 18.2 Å². The van der Waals surface area contributed by atoms with Gasteiger partial charge in [-0.2, -0.15) is 5.10 Å². The maximum atomic E-state index is 12.4. The van der Waals surface area contributed by atoms with E-state index in [0.717, 1.165) is 0 Å². The fourth-order valence-corrected chi connectivity index (χ4v) is 2.93. The zero-order valence-corrected chi connectivity index (χ0v) is 16.2. The van der Waals surface area contributed by atoms with Crippen molar-refractivity contribution in [2.75, 3.05) is 11.9 Å². The molecule has 0 aliphatic rings. The first kappa shape index (κ1) is 19.8. The summed E-state index contributed by atoms with van der Waals surface area (Å²) < 4.78 is 10.9. The van der Waals surface area contributed by atoms with Gasteiger partial charge in [0, 0.05) is 5.39 Å². The van der Waals surface area contributed by atoms with Crippen molar-refractivity contribution >= 4 is 28.3 Å². The van der Waals surface area contributed by atoms with E-state index in [-0.39, 0.29) is 5.69 Å². The summed E-state index contributed by atoms with van der Waals surface area (Å²) in [5.74, 6) is -0.309. The fraction of sp³-hybridized carbons (Fsp3) is 0.0435. The Kier molecular flexibility index (Phi) is 5.70. The topological polar surface area (TPSA) is 110 Å². The van der Waals surface area contributed by atoms with Gasteiger partial charge < -0.3 is 14.8 Å². The highest BCUT2D eigenvalue weighted by molar-refractivity contribution is 6.03. The minimum Gasteiger partial charge on any atom is -0.455 e. The highest BCUT2D eigenvalue weighted by atomic mass is 16.5. The van der Waals surface area contributed by atoms with E-state index >= 15 is 0 Å². The van der Waals surface area contributed by atoms with Crippen molar-refractivity contribution in [3.8, 4) is 11.5 Å². The predicted octanol–water partition coefficient (Wildman–Crippen LogP) is 3.51. The van der Waals surface area contributed by atoms with Crippen LogP contribution in [0.4, 0.5) is 5.69 Å². The van der Waals surface area contributed by atoms with Crippen molar-refractivity contribution in [3.05, 3.63) is 94.9 Å². The molecule has 1 heterocycles. The summed E-state index contributed by atoms with van der Waals surface area (Å²) in [6, 6.07) is 22.6. The zero-order valence-electron chi connectivity index (χ0n) is 16.2. The molecule has 0 unspecified atom stereocenters. The van der Waals surface area contributed by atoms with Crippen LogP contribution in [0, 0.1) is 0 Å². The normalized spacial score (nSPS) is 10.5. The molecule has 0 bridgehead atoms. The van der Waals surface area contributed by atoms with Crippen LogP contribution in [0.5, 0.6) is 11.5 Å². The molecule has 0 saturated carbocycles. The summed E-state index contributed by atoms with van der Waals surface area (Å²) in [5.41, 5.74) is -0.0595. The van der Waals surface area contributed by atoms with E-state index in [9.17, 15) is 14.4 Å². The first-order valence-electron chi connectivity index (χ1n) is 9.38. The van der Waals surface area contributed by atoms with Crippen molar-refractivity contribution in [3.63, 3.8) is 0 Å². The van der Waals surface area contributed by atoms with Crippen molar-refractivity contribution in [2.45, 2.75) is 0 Å². The largest absolute Gasteiger partial charge is 0.455 e. The van der Waals surface area contributed by atoms with Gasteiger partial charge in [-0.05, 0) is 30.3 Å². The third kappa shape index (κ3) is 4.59. The molecule has 0 spiro atoms. The number of rotatable bonds is 6. The number of carbonyl (C=O) groups excluding carboxylic acids is 2. The summed E-state index contributed by atoms with van der Waals surface area (Å²) in [6.45, 7) is -0.534. The molecule has 0 atom stereocenters. The van der Waals surface area contributed by atoms with Gasteiger partial charge in [0.2, 0.25) is 0 Å². The predicted molar refractivity (Wildman–Crippen MR) is 114 cm³/mol. The average Bonchev–Trinajstić information content (AvgIpc) is 2.80. The monoisotopic (exact) mass is 415 g/mol.